The molecular formula is C16H18ClNO2. The van der Waals surface area contributed by atoms with Crippen LogP contribution in [0, 0.1) is 0 Å². The molecule has 0 radical (unpaired) electrons. The van der Waals surface area contributed by atoms with Gasteiger partial charge in [-0.15, -0.1) is 0 Å². The Hall–Kier alpha value is -1.71. The lowest BCUT2D eigenvalue weighted by Gasteiger charge is -2.16. The second-order valence-electron chi connectivity index (χ2n) is 4.63. The summed E-state index contributed by atoms with van der Waals surface area (Å²) >= 11 is 5.99. The summed E-state index contributed by atoms with van der Waals surface area (Å²) in [6.45, 7) is 2.61. The summed E-state index contributed by atoms with van der Waals surface area (Å²) in [5.41, 5.74) is 1.91. The molecule has 0 fully saturated rings. The highest BCUT2D eigenvalue weighted by Gasteiger charge is 2.10. The smallest absolute Gasteiger partial charge is 0.162 e. The molecule has 1 atom stereocenters. The van der Waals surface area contributed by atoms with E-state index in [0.29, 0.717) is 12.3 Å². The standard InChI is InChI=1S/C16H18ClNO2/c1-11(12-5-3-7-14(17)9-12)18-10-13-6-4-8-15(20-2)16(13)19/h3-9,11,18-19H,10H2,1-2H3/t11-/m0/s1. The number of rotatable bonds is 5. The highest BCUT2D eigenvalue weighted by Crippen LogP contribution is 2.29. The lowest BCUT2D eigenvalue weighted by atomic mass is 10.1. The second kappa shape index (κ2) is 6.64. The number of benzene rings is 2. The first-order valence-electron chi connectivity index (χ1n) is 6.45. The van der Waals surface area contributed by atoms with E-state index in [-0.39, 0.29) is 11.8 Å². The van der Waals surface area contributed by atoms with Crippen LogP contribution in [-0.4, -0.2) is 12.2 Å². The van der Waals surface area contributed by atoms with Crippen molar-refractivity contribution in [2.45, 2.75) is 19.5 Å². The average molecular weight is 292 g/mol. The number of hydrogen-bond donors (Lipinski definition) is 2. The molecule has 2 N–H and O–H groups in total. The van der Waals surface area contributed by atoms with Crippen molar-refractivity contribution in [2.24, 2.45) is 0 Å². The van der Waals surface area contributed by atoms with E-state index in [0.717, 1.165) is 16.1 Å². The maximum absolute atomic E-state index is 10.0. The van der Waals surface area contributed by atoms with E-state index in [1.807, 2.05) is 36.4 Å². The zero-order chi connectivity index (χ0) is 14.5. The van der Waals surface area contributed by atoms with Crippen LogP contribution >= 0.6 is 11.6 Å². The highest BCUT2D eigenvalue weighted by atomic mass is 35.5. The Morgan fingerprint density at radius 1 is 1.25 bits per heavy atom. The molecule has 0 aliphatic heterocycles. The number of methoxy groups -OCH3 is 1. The Morgan fingerprint density at radius 3 is 2.70 bits per heavy atom. The van der Waals surface area contributed by atoms with Gasteiger partial charge in [-0.3, -0.25) is 0 Å². The first-order valence-corrected chi connectivity index (χ1v) is 6.83. The summed E-state index contributed by atoms with van der Waals surface area (Å²) < 4.78 is 5.10. The van der Waals surface area contributed by atoms with E-state index in [9.17, 15) is 5.11 Å². The van der Waals surface area contributed by atoms with Crippen molar-refractivity contribution in [1.29, 1.82) is 0 Å². The van der Waals surface area contributed by atoms with Crippen molar-refractivity contribution < 1.29 is 9.84 Å². The largest absolute Gasteiger partial charge is 0.504 e. The summed E-state index contributed by atoms with van der Waals surface area (Å²) in [7, 11) is 1.54. The van der Waals surface area contributed by atoms with Crippen molar-refractivity contribution in [3.63, 3.8) is 0 Å². The van der Waals surface area contributed by atoms with Gasteiger partial charge in [0, 0.05) is 23.2 Å². The lowest BCUT2D eigenvalue weighted by molar-refractivity contribution is 0.369. The third-order valence-corrected chi connectivity index (χ3v) is 3.48. The second-order valence-corrected chi connectivity index (χ2v) is 5.06. The number of aromatic hydroxyl groups is 1. The van der Waals surface area contributed by atoms with Crippen molar-refractivity contribution >= 4 is 11.6 Å². The zero-order valence-corrected chi connectivity index (χ0v) is 12.3. The number of halogens is 1. The predicted octanol–water partition coefficient (Wildman–Crippen LogP) is 3.91. The van der Waals surface area contributed by atoms with E-state index in [4.69, 9.17) is 16.3 Å². The van der Waals surface area contributed by atoms with Gasteiger partial charge in [0.2, 0.25) is 0 Å². The molecule has 2 rings (SSSR count). The maximum Gasteiger partial charge on any atom is 0.162 e. The van der Waals surface area contributed by atoms with Gasteiger partial charge < -0.3 is 15.2 Å². The minimum Gasteiger partial charge on any atom is -0.504 e. The van der Waals surface area contributed by atoms with Gasteiger partial charge in [-0.25, -0.2) is 0 Å². The SMILES string of the molecule is COc1cccc(CN[C@@H](C)c2cccc(Cl)c2)c1O. The van der Waals surface area contributed by atoms with E-state index < -0.39 is 0 Å². The molecule has 0 aliphatic rings. The van der Waals surface area contributed by atoms with Crippen molar-refractivity contribution in [3.8, 4) is 11.5 Å². The number of nitrogens with one attached hydrogen (secondary N) is 1. The molecule has 0 bridgehead atoms. The van der Waals surface area contributed by atoms with Crippen LogP contribution in [0.15, 0.2) is 42.5 Å². The molecule has 0 saturated heterocycles. The summed E-state index contributed by atoms with van der Waals surface area (Å²) in [6.07, 6.45) is 0. The Kier molecular flexibility index (Phi) is 4.88. The van der Waals surface area contributed by atoms with Crippen LogP contribution < -0.4 is 10.1 Å². The Labute approximate surface area is 124 Å². The average Bonchev–Trinajstić information content (AvgIpc) is 2.46. The molecule has 0 spiro atoms. The monoisotopic (exact) mass is 291 g/mol. The lowest BCUT2D eigenvalue weighted by Crippen LogP contribution is -2.18. The summed E-state index contributed by atoms with van der Waals surface area (Å²) in [5, 5.41) is 14.1. The van der Waals surface area contributed by atoms with E-state index in [2.05, 4.69) is 12.2 Å². The summed E-state index contributed by atoms with van der Waals surface area (Å²) in [6, 6.07) is 13.3. The molecular weight excluding hydrogens is 274 g/mol. The van der Waals surface area contributed by atoms with Crippen LogP contribution in [0.4, 0.5) is 0 Å². The van der Waals surface area contributed by atoms with Crippen LogP contribution in [0.5, 0.6) is 11.5 Å². The van der Waals surface area contributed by atoms with E-state index >= 15 is 0 Å². The van der Waals surface area contributed by atoms with Gasteiger partial charge >= 0.3 is 0 Å². The maximum atomic E-state index is 10.0. The quantitative estimate of drug-likeness (QED) is 0.878. The molecule has 106 valence electrons. The van der Waals surface area contributed by atoms with Gasteiger partial charge in [-0.1, -0.05) is 35.9 Å². The Balaban J connectivity index is 2.05. The Bertz CT molecular complexity index is 586. The Morgan fingerprint density at radius 2 is 2.00 bits per heavy atom. The van der Waals surface area contributed by atoms with Crippen molar-refractivity contribution in [3.05, 3.63) is 58.6 Å². The molecule has 4 heteroatoms. The van der Waals surface area contributed by atoms with Crippen LogP contribution in [0.25, 0.3) is 0 Å². The van der Waals surface area contributed by atoms with Crippen LogP contribution in [0.3, 0.4) is 0 Å². The molecule has 3 nitrogen and oxygen atoms in total. The van der Waals surface area contributed by atoms with Gasteiger partial charge in [0.05, 0.1) is 7.11 Å². The molecule has 20 heavy (non-hydrogen) atoms. The molecule has 0 saturated carbocycles. The zero-order valence-electron chi connectivity index (χ0n) is 11.6. The normalized spacial score (nSPS) is 12.2. The fourth-order valence-corrected chi connectivity index (χ4v) is 2.23. The van der Waals surface area contributed by atoms with Crippen molar-refractivity contribution in [2.75, 3.05) is 7.11 Å². The topological polar surface area (TPSA) is 41.5 Å². The third kappa shape index (κ3) is 3.44. The number of ether oxygens (including phenoxy) is 1. The molecule has 0 heterocycles. The first kappa shape index (κ1) is 14.7. The van der Waals surface area contributed by atoms with Crippen LogP contribution in [0.2, 0.25) is 5.02 Å². The minimum absolute atomic E-state index is 0.138. The van der Waals surface area contributed by atoms with Gasteiger partial charge in [-0.05, 0) is 30.7 Å². The fourth-order valence-electron chi connectivity index (χ4n) is 2.03. The third-order valence-electron chi connectivity index (χ3n) is 3.25. The summed E-state index contributed by atoms with van der Waals surface area (Å²) in [5.74, 6) is 0.667. The molecule has 0 unspecified atom stereocenters. The van der Waals surface area contributed by atoms with E-state index in [1.165, 1.54) is 0 Å². The van der Waals surface area contributed by atoms with Crippen molar-refractivity contribution in [1.82, 2.24) is 5.32 Å². The predicted molar refractivity (Wildman–Crippen MR) is 81.4 cm³/mol. The first-order chi connectivity index (χ1) is 9.61. The summed E-state index contributed by atoms with van der Waals surface area (Å²) in [4.78, 5) is 0. The highest BCUT2D eigenvalue weighted by molar-refractivity contribution is 6.30. The van der Waals surface area contributed by atoms with E-state index in [1.54, 1.807) is 13.2 Å². The van der Waals surface area contributed by atoms with Gasteiger partial charge in [0.25, 0.3) is 0 Å². The van der Waals surface area contributed by atoms with Crippen LogP contribution in [-0.2, 0) is 6.54 Å². The molecule has 0 aromatic heterocycles. The van der Waals surface area contributed by atoms with Gasteiger partial charge in [0.15, 0.2) is 11.5 Å². The van der Waals surface area contributed by atoms with Gasteiger partial charge in [0.1, 0.15) is 0 Å². The van der Waals surface area contributed by atoms with Crippen LogP contribution in [0.1, 0.15) is 24.1 Å². The number of phenolic OH excluding ortho intramolecular Hbond substituents is 1. The fraction of sp³-hybridized carbons (Fsp3) is 0.250. The molecule has 2 aromatic carbocycles. The number of phenols is 1. The molecule has 0 aliphatic carbocycles. The van der Waals surface area contributed by atoms with Gasteiger partial charge in [-0.2, -0.15) is 0 Å². The molecule has 2 aromatic rings. The molecule has 0 amide bonds. The number of para-hydroxylation sites is 1. The number of hydrogen-bond acceptors (Lipinski definition) is 3. The minimum atomic E-state index is 0.138.